The maximum absolute atomic E-state index is 12.9. The normalized spacial score (nSPS) is 13.2. The molecule has 3 aromatic rings. The molecule has 0 aromatic carbocycles. The summed E-state index contributed by atoms with van der Waals surface area (Å²) in [5.74, 6) is -1.46. The Balaban J connectivity index is 1.68. The molecule has 0 aliphatic carbocycles. The number of likely N-dealkylation sites (N-methyl/N-ethyl adjacent to an activating group) is 1. The third-order valence-electron chi connectivity index (χ3n) is 4.89. The van der Waals surface area contributed by atoms with E-state index in [1.165, 1.54) is 0 Å². The number of alkyl halides is 3. The molecular formula is C19H23F3N6OS. The summed E-state index contributed by atoms with van der Waals surface area (Å²) in [6.45, 7) is 3.82. The van der Waals surface area contributed by atoms with Gasteiger partial charge in [0.1, 0.15) is 0 Å². The van der Waals surface area contributed by atoms with E-state index in [9.17, 15) is 18.0 Å². The topological polar surface area (TPSA) is 75.4 Å². The highest BCUT2D eigenvalue weighted by atomic mass is 32.1. The second-order valence-corrected chi connectivity index (χ2v) is 8.18. The van der Waals surface area contributed by atoms with Crippen LogP contribution in [0.2, 0.25) is 0 Å². The number of amides is 1. The zero-order valence-corrected chi connectivity index (χ0v) is 17.9. The average Bonchev–Trinajstić information content (AvgIpc) is 3.31. The number of nitrogens with zero attached hydrogens (tertiary/aromatic N) is 5. The molecule has 1 N–H and O–H groups in total. The molecule has 1 unspecified atom stereocenters. The van der Waals surface area contributed by atoms with E-state index in [4.69, 9.17) is 0 Å². The van der Waals surface area contributed by atoms with Gasteiger partial charge in [0.15, 0.2) is 0 Å². The lowest BCUT2D eigenvalue weighted by Gasteiger charge is -2.23. The first-order chi connectivity index (χ1) is 14.1. The minimum absolute atomic E-state index is 0.0753. The maximum atomic E-state index is 12.9. The molecule has 0 saturated heterocycles. The Hall–Kier alpha value is -2.53. The zero-order valence-electron chi connectivity index (χ0n) is 17.1. The number of halogens is 3. The number of thiophene rings is 1. The van der Waals surface area contributed by atoms with Gasteiger partial charge in [-0.1, -0.05) is 6.07 Å². The van der Waals surface area contributed by atoms with Gasteiger partial charge in [-0.3, -0.25) is 4.79 Å². The largest absolute Gasteiger partial charge is 0.453 e. The molecule has 3 heterocycles. The Bertz CT molecular complexity index is 1030. The van der Waals surface area contributed by atoms with Gasteiger partial charge < -0.3 is 10.2 Å². The van der Waals surface area contributed by atoms with Crippen LogP contribution in [0.1, 0.15) is 40.1 Å². The van der Waals surface area contributed by atoms with Crippen LogP contribution in [0.15, 0.2) is 17.5 Å². The zero-order chi connectivity index (χ0) is 22.1. The molecule has 7 nitrogen and oxygen atoms in total. The van der Waals surface area contributed by atoms with Crippen molar-refractivity contribution in [2.45, 2.75) is 38.9 Å². The lowest BCUT2D eigenvalue weighted by atomic mass is 10.1. The van der Waals surface area contributed by atoms with Gasteiger partial charge in [-0.2, -0.15) is 18.2 Å². The summed E-state index contributed by atoms with van der Waals surface area (Å²) in [7, 11) is 3.91. The second kappa shape index (κ2) is 8.68. The van der Waals surface area contributed by atoms with Gasteiger partial charge in [0.05, 0.1) is 6.04 Å². The van der Waals surface area contributed by atoms with E-state index in [0.717, 1.165) is 9.39 Å². The van der Waals surface area contributed by atoms with Crippen molar-refractivity contribution in [1.82, 2.24) is 29.8 Å². The Kier molecular flexibility index (Phi) is 6.41. The van der Waals surface area contributed by atoms with Crippen molar-refractivity contribution in [3.05, 3.63) is 45.2 Å². The summed E-state index contributed by atoms with van der Waals surface area (Å²) in [6.07, 6.45) is -4.10. The van der Waals surface area contributed by atoms with Crippen molar-refractivity contribution < 1.29 is 18.0 Å². The molecule has 1 amide bonds. The van der Waals surface area contributed by atoms with E-state index in [2.05, 4.69) is 20.4 Å². The smallest absolute Gasteiger partial charge is 0.354 e. The van der Waals surface area contributed by atoms with E-state index < -0.39 is 12.0 Å². The Morgan fingerprint density at radius 1 is 1.30 bits per heavy atom. The fourth-order valence-corrected chi connectivity index (χ4v) is 4.17. The van der Waals surface area contributed by atoms with Gasteiger partial charge in [0, 0.05) is 29.2 Å². The van der Waals surface area contributed by atoms with Crippen molar-refractivity contribution in [3.8, 4) is 0 Å². The summed E-state index contributed by atoms with van der Waals surface area (Å²) in [4.78, 5) is 23.2. The highest BCUT2D eigenvalue weighted by Gasteiger charge is 2.37. The number of carbonyl (C=O) groups excluding carboxylic acids is 1. The van der Waals surface area contributed by atoms with Crippen LogP contribution in [0, 0.1) is 13.8 Å². The fourth-order valence-electron chi connectivity index (χ4n) is 3.25. The Morgan fingerprint density at radius 3 is 2.63 bits per heavy atom. The lowest BCUT2D eigenvalue weighted by Crippen LogP contribution is -2.34. The van der Waals surface area contributed by atoms with Crippen molar-refractivity contribution in [2.24, 2.45) is 0 Å². The Labute approximate surface area is 175 Å². The monoisotopic (exact) mass is 440 g/mol. The molecule has 0 aliphatic heterocycles. The van der Waals surface area contributed by atoms with Crippen LogP contribution in [0.4, 0.5) is 13.2 Å². The van der Waals surface area contributed by atoms with Gasteiger partial charge in [-0.25, -0.2) is 9.50 Å². The van der Waals surface area contributed by atoms with Gasteiger partial charge in [-0.05, 0) is 51.4 Å². The summed E-state index contributed by atoms with van der Waals surface area (Å²) in [5.41, 5.74) is 1.73. The number of hydrogen-bond acceptors (Lipinski definition) is 6. The van der Waals surface area contributed by atoms with Gasteiger partial charge >= 0.3 is 6.18 Å². The Morgan fingerprint density at radius 2 is 2.03 bits per heavy atom. The number of rotatable bonds is 7. The highest BCUT2D eigenvalue weighted by molar-refractivity contribution is 7.10. The first-order valence-corrected chi connectivity index (χ1v) is 10.2. The minimum Gasteiger partial charge on any atom is -0.354 e. The number of hydrogen-bond donors (Lipinski definition) is 1. The second-order valence-electron chi connectivity index (χ2n) is 7.21. The van der Waals surface area contributed by atoms with E-state index in [0.29, 0.717) is 29.9 Å². The van der Waals surface area contributed by atoms with Crippen LogP contribution < -0.4 is 5.32 Å². The number of carbonyl (C=O) groups is 1. The van der Waals surface area contributed by atoms with Crippen molar-refractivity contribution >= 4 is 23.0 Å². The quantitative estimate of drug-likeness (QED) is 0.611. The van der Waals surface area contributed by atoms with E-state index in [1.807, 2.05) is 36.5 Å². The number of aromatic nitrogens is 4. The first kappa shape index (κ1) is 22.2. The van der Waals surface area contributed by atoms with E-state index >= 15 is 0 Å². The van der Waals surface area contributed by atoms with Crippen molar-refractivity contribution in [1.29, 1.82) is 0 Å². The number of aryl methyl sites for hydroxylation is 2. The molecule has 0 radical (unpaired) electrons. The molecule has 0 bridgehead atoms. The molecule has 162 valence electrons. The van der Waals surface area contributed by atoms with E-state index in [-0.39, 0.29) is 24.1 Å². The van der Waals surface area contributed by atoms with E-state index in [1.54, 1.807) is 25.2 Å². The van der Waals surface area contributed by atoms with Crippen LogP contribution in [-0.4, -0.2) is 51.0 Å². The van der Waals surface area contributed by atoms with Crippen LogP contribution in [0.25, 0.3) is 5.78 Å². The third-order valence-corrected chi connectivity index (χ3v) is 5.87. The van der Waals surface area contributed by atoms with Crippen LogP contribution >= 0.6 is 11.3 Å². The van der Waals surface area contributed by atoms with Crippen LogP contribution in [-0.2, 0) is 17.4 Å². The summed E-state index contributed by atoms with van der Waals surface area (Å²) >= 11 is 1.63. The molecule has 1 atom stereocenters. The van der Waals surface area contributed by atoms with Crippen molar-refractivity contribution in [2.75, 3.05) is 20.6 Å². The molecule has 3 rings (SSSR count). The van der Waals surface area contributed by atoms with Gasteiger partial charge in [0.25, 0.3) is 11.6 Å². The number of nitrogens with one attached hydrogen (secondary N) is 1. The minimum atomic E-state index is -4.64. The van der Waals surface area contributed by atoms with Gasteiger partial charge in [0.2, 0.25) is 5.91 Å². The summed E-state index contributed by atoms with van der Waals surface area (Å²) < 4.78 is 39.8. The van der Waals surface area contributed by atoms with Gasteiger partial charge in [-0.15, -0.1) is 16.4 Å². The standard InChI is InChI=1S/C19H23F3N6OS/c1-11-13(12(2)28-18(24-11)25-17(26-28)19(20,21)22)7-8-16(29)23-10-14(27(3)4)15-6-5-9-30-15/h5-6,9,14H,7-8,10H2,1-4H3,(H,23,29). The molecular weight excluding hydrogens is 417 g/mol. The first-order valence-electron chi connectivity index (χ1n) is 9.34. The molecule has 0 spiro atoms. The molecule has 0 saturated carbocycles. The van der Waals surface area contributed by atoms with Crippen molar-refractivity contribution in [3.63, 3.8) is 0 Å². The lowest BCUT2D eigenvalue weighted by molar-refractivity contribution is -0.144. The summed E-state index contributed by atoms with van der Waals surface area (Å²) in [5, 5.41) is 8.47. The van der Waals surface area contributed by atoms with Crippen LogP contribution in [0.3, 0.4) is 0 Å². The maximum Gasteiger partial charge on any atom is 0.453 e. The average molecular weight is 440 g/mol. The molecule has 0 fully saturated rings. The van der Waals surface area contributed by atoms with Crippen LogP contribution in [0.5, 0.6) is 0 Å². The highest BCUT2D eigenvalue weighted by Crippen LogP contribution is 2.27. The third kappa shape index (κ3) is 4.78. The molecule has 11 heteroatoms. The molecule has 30 heavy (non-hydrogen) atoms. The predicted molar refractivity (Wildman–Crippen MR) is 107 cm³/mol. The summed E-state index contributed by atoms with van der Waals surface area (Å²) in [6, 6.07) is 4.08. The number of fused-ring (bicyclic) bond motifs is 1. The predicted octanol–water partition coefficient (Wildman–Crippen LogP) is 3.17. The molecule has 3 aromatic heterocycles. The molecule has 0 aliphatic rings. The SMILES string of the molecule is Cc1nc2nc(C(F)(F)F)nn2c(C)c1CCC(=O)NCC(c1cccs1)N(C)C. The fraction of sp³-hybridized carbons (Fsp3) is 0.474.